The predicted molar refractivity (Wildman–Crippen MR) is 121 cm³/mol. The van der Waals surface area contributed by atoms with Gasteiger partial charge in [0.2, 0.25) is 0 Å². The van der Waals surface area contributed by atoms with E-state index in [1.807, 2.05) is 6.07 Å². The summed E-state index contributed by atoms with van der Waals surface area (Å²) in [6.07, 6.45) is 2.47. The molecular formula is C25H23FN2O3S. The zero-order chi connectivity index (χ0) is 22.2. The van der Waals surface area contributed by atoms with E-state index in [1.165, 1.54) is 17.4 Å². The number of esters is 1. The standard InChI is InChI=1S/C25H23FN2O3S/c26-19-7-3-1-5-17(19)23(24(29)15-9-10-15)28-12-11-21-16(14-28)13-22(32-21)31-25(30)18-6-2-4-8-20(18)27/h1-8,13,15,23H,9-12,14,27H2. The maximum absolute atomic E-state index is 14.6. The van der Waals surface area contributed by atoms with Gasteiger partial charge in [-0.05, 0) is 49.1 Å². The molecule has 5 rings (SSSR count). The van der Waals surface area contributed by atoms with Crippen LogP contribution in [0.5, 0.6) is 5.06 Å². The molecule has 2 N–H and O–H groups in total. The maximum atomic E-state index is 14.6. The van der Waals surface area contributed by atoms with Crippen LogP contribution in [0.15, 0.2) is 54.6 Å². The van der Waals surface area contributed by atoms with Gasteiger partial charge in [0.05, 0.1) is 11.6 Å². The first kappa shape index (κ1) is 20.8. The number of hydrogen-bond donors (Lipinski definition) is 1. The van der Waals surface area contributed by atoms with Crippen molar-refractivity contribution in [1.29, 1.82) is 0 Å². The van der Waals surface area contributed by atoms with Gasteiger partial charge in [-0.15, -0.1) is 11.3 Å². The summed E-state index contributed by atoms with van der Waals surface area (Å²) in [5.41, 5.74) is 8.03. The largest absolute Gasteiger partial charge is 0.412 e. The molecule has 5 nitrogen and oxygen atoms in total. The molecule has 2 heterocycles. The lowest BCUT2D eigenvalue weighted by Crippen LogP contribution is -2.38. The lowest BCUT2D eigenvalue weighted by atomic mass is 9.95. The summed E-state index contributed by atoms with van der Waals surface area (Å²) in [5.74, 6) is -0.722. The summed E-state index contributed by atoms with van der Waals surface area (Å²) in [6, 6.07) is 14.6. The second-order valence-electron chi connectivity index (χ2n) is 8.31. The van der Waals surface area contributed by atoms with Crippen LogP contribution in [-0.2, 0) is 17.8 Å². The highest BCUT2D eigenvalue weighted by Gasteiger charge is 2.40. The minimum absolute atomic E-state index is 0.0244. The van der Waals surface area contributed by atoms with E-state index < -0.39 is 12.0 Å². The Bertz CT molecular complexity index is 1190. The fourth-order valence-electron chi connectivity index (χ4n) is 4.25. The van der Waals surface area contributed by atoms with Gasteiger partial charge in [0.15, 0.2) is 10.8 Å². The summed E-state index contributed by atoms with van der Waals surface area (Å²) in [6.45, 7) is 1.15. The van der Waals surface area contributed by atoms with Crippen LogP contribution in [0, 0.1) is 11.7 Å². The fourth-order valence-corrected chi connectivity index (χ4v) is 5.25. The number of benzene rings is 2. The Labute approximate surface area is 189 Å². The number of carbonyl (C=O) groups is 2. The number of ketones is 1. The summed E-state index contributed by atoms with van der Waals surface area (Å²) in [4.78, 5) is 28.8. The van der Waals surface area contributed by atoms with E-state index in [4.69, 9.17) is 10.5 Å². The Kier molecular flexibility index (Phi) is 5.53. The third-order valence-electron chi connectivity index (χ3n) is 6.06. The number of thiophene rings is 1. The van der Waals surface area contributed by atoms with Crippen LogP contribution < -0.4 is 10.5 Å². The Balaban J connectivity index is 1.37. The van der Waals surface area contributed by atoms with Gasteiger partial charge in [-0.2, -0.15) is 0 Å². The van der Waals surface area contributed by atoms with Crippen molar-refractivity contribution < 1.29 is 18.7 Å². The van der Waals surface area contributed by atoms with E-state index in [1.54, 1.807) is 42.5 Å². The van der Waals surface area contributed by atoms with Gasteiger partial charge in [0.1, 0.15) is 5.82 Å². The molecule has 0 bridgehead atoms. The van der Waals surface area contributed by atoms with Crippen LogP contribution in [0.2, 0.25) is 0 Å². The molecule has 3 aromatic rings. The number of rotatable bonds is 6. The molecule has 7 heteroatoms. The van der Waals surface area contributed by atoms with Crippen LogP contribution >= 0.6 is 11.3 Å². The first-order valence-corrected chi connectivity index (χ1v) is 11.5. The number of nitrogens with two attached hydrogens (primary N) is 1. The minimum Gasteiger partial charge on any atom is -0.412 e. The molecular weight excluding hydrogens is 427 g/mol. The van der Waals surface area contributed by atoms with E-state index >= 15 is 0 Å². The molecule has 1 fully saturated rings. The van der Waals surface area contributed by atoms with E-state index in [9.17, 15) is 14.0 Å². The van der Waals surface area contributed by atoms with Gasteiger partial charge in [-0.25, -0.2) is 9.18 Å². The first-order chi connectivity index (χ1) is 15.5. The Hall–Kier alpha value is -3.03. The number of halogens is 1. The molecule has 32 heavy (non-hydrogen) atoms. The van der Waals surface area contributed by atoms with Crippen LogP contribution in [0.4, 0.5) is 10.1 Å². The molecule has 2 aromatic carbocycles. The minimum atomic E-state index is -0.591. The molecule has 1 atom stereocenters. The number of Topliss-reactive ketones (excluding diaryl/α,β-unsaturated/α-hetero) is 1. The summed E-state index contributed by atoms with van der Waals surface area (Å²) in [7, 11) is 0. The molecule has 2 aliphatic rings. The van der Waals surface area contributed by atoms with Crippen LogP contribution in [0.1, 0.15) is 45.2 Å². The summed E-state index contributed by atoms with van der Waals surface area (Å²) in [5, 5.41) is 0.501. The van der Waals surface area contributed by atoms with E-state index in [-0.39, 0.29) is 17.5 Å². The molecule has 0 saturated heterocycles. The molecule has 164 valence electrons. The molecule has 1 unspecified atom stereocenters. The molecule has 0 amide bonds. The first-order valence-electron chi connectivity index (χ1n) is 10.7. The zero-order valence-electron chi connectivity index (χ0n) is 17.4. The number of carbonyl (C=O) groups excluding carboxylic acids is 2. The predicted octanol–water partition coefficient (Wildman–Crippen LogP) is 4.77. The van der Waals surface area contributed by atoms with Crippen molar-refractivity contribution in [2.45, 2.75) is 31.8 Å². The second kappa shape index (κ2) is 8.48. The van der Waals surface area contributed by atoms with E-state index in [0.29, 0.717) is 41.4 Å². The number of anilines is 1. The number of fused-ring (bicyclic) bond motifs is 1. The topological polar surface area (TPSA) is 72.6 Å². The SMILES string of the molecule is Nc1ccccc1C(=O)Oc1cc2c(s1)CCN(C(C(=O)C1CC1)c1ccccc1F)C2. The quantitative estimate of drug-likeness (QED) is 0.433. The molecule has 1 aliphatic heterocycles. The molecule has 1 aliphatic carbocycles. The highest BCUT2D eigenvalue weighted by molar-refractivity contribution is 7.14. The van der Waals surface area contributed by atoms with Crippen molar-refractivity contribution in [3.63, 3.8) is 0 Å². The Morgan fingerprint density at radius 3 is 2.62 bits per heavy atom. The van der Waals surface area contributed by atoms with Crippen molar-refractivity contribution in [2.75, 3.05) is 12.3 Å². The van der Waals surface area contributed by atoms with E-state index in [0.717, 1.165) is 23.3 Å². The van der Waals surface area contributed by atoms with Crippen LogP contribution in [0.3, 0.4) is 0 Å². The Morgan fingerprint density at radius 1 is 1.12 bits per heavy atom. The second-order valence-corrected chi connectivity index (χ2v) is 9.41. The van der Waals surface area contributed by atoms with Crippen molar-refractivity contribution in [1.82, 2.24) is 4.90 Å². The molecule has 1 saturated carbocycles. The summed E-state index contributed by atoms with van der Waals surface area (Å²) >= 11 is 1.43. The lowest BCUT2D eigenvalue weighted by molar-refractivity contribution is -0.126. The monoisotopic (exact) mass is 450 g/mol. The average Bonchev–Trinajstić information content (AvgIpc) is 3.56. The Morgan fingerprint density at radius 2 is 1.88 bits per heavy atom. The molecule has 1 aromatic heterocycles. The summed E-state index contributed by atoms with van der Waals surface area (Å²) < 4.78 is 20.2. The van der Waals surface area contributed by atoms with Crippen molar-refractivity contribution >= 4 is 28.8 Å². The number of nitrogens with zero attached hydrogens (tertiary/aromatic N) is 1. The van der Waals surface area contributed by atoms with Crippen molar-refractivity contribution in [3.05, 3.63) is 82.0 Å². The van der Waals surface area contributed by atoms with Gasteiger partial charge in [-0.1, -0.05) is 30.3 Å². The number of nitrogen functional groups attached to an aromatic ring is 1. The van der Waals surface area contributed by atoms with E-state index in [2.05, 4.69) is 4.90 Å². The van der Waals surface area contributed by atoms with Gasteiger partial charge < -0.3 is 10.5 Å². The van der Waals surface area contributed by atoms with Gasteiger partial charge in [-0.3, -0.25) is 9.69 Å². The zero-order valence-corrected chi connectivity index (χ0v) is 18.2. The number of para-hydroxylation sites is 1. The smallest absolute Gasteiger partial charge is 0.346 e. The fraction of sp³-hybridized carbons (Fsp3) is 0.280. The third kappa shape index (κ3) is 4.06. The van der Waals surface area contributed by atoms with Crippen molar-refractivity contribution in [3.8, 4) is 5.06 Å². The normalized spacial score (nSPS) is 16.9. The van der Waals surface area contributed by atoms with Gasteiger partial charge in [0, 0.05) is 35.1 Å². The molecule has 0 radical (unpaired) electrons. The number of hydrogen-bond acceptors (Lipinski definition) is 6. The van der Waals surface area contributed by atoms with Crippen molar-refractivity contribution in [2.24, 2.45) is 5.92 Å². The third-order valence-corrected chi connectivity index (χ3v) is 7.18. The van der Waals surface area contributed by atoms with Crippen LogP contribution in [0.25, 0.3) is 0 Å². The van der Waals surface area contributed by atoms with Gasteiger partial charge in [0.25, 0.3) is 0 Å². The average molecular weight is 451 g/mol. The van der Waals surface area contributed by atoms with Crippen LogP contribution in [-0.4, -0.2) is 23.2 Å². The highest BCUT2D eigenvalue weighted by Crippen LogP contribution is 2.41. The lowest BCUT2D eigenvalue weighted by Gasteiger charge is -2.34. The maximum Gasteiger partial charge on any atom is 0.346 e. The number of ether oxygens (including phenoxy) is 1. The molecule has 0 spiro atoms. The highest BCUT2D eigenvalue weighted by atomic mass is 32.1. The van der Waals surface area contributed by atoms with Gasteiger partial charge >= 0.3 is 5.97 Å².